The largest absolute Gasteiger partial charge is 0.478 e. The average Bonchev–Trinajstić information content (AvgIpc) is 2.11. The molecule has 2 heterocycles. The third-order valence-corrected chi connectivity index (χ3v) is 12.5. The number of nitrogens with one attached hydrogen (secondary N) is 2. The Labute approximate surface area is 482 Å². The third kappa shape index (κ3) is 17.8. The molecule has 22 nitrogen and oxygen atoms in total. The van der Waals surface area contributed by atoms with Gasteiger partial charge in [-0.05, 0) is 75.2 Å². The molecule has 2 aliphatic rings. The first kappa shape index (κ1) is 66.1. The minimum Gasteiger partial charge on any atom is -0.478 e. The van der Waals surface area contributed by atoms with Gasteiger partial charge in [-0.2, -0.15) is 0 Å². The molecule has 0 unspecified atom stereocenters. The molecule has 8 N–H and O–H groups in total. The quantitative estimate of drug-likeness (QED) is 0.0276. The van der Waals surface area contributed by atoms with E-state index in [0.29, 0.717) is 81.4 Å². The zero-order valence-electron chi connectivity index (χ0n) is 45.7. The summed E-state index contributed by atoms with van der Waals surface area (Å²) in [4.78, 5) is 97.8. The number of ether oxygens (including phenoxy) is 8. The number of carboxylic acid groups (broad SMARTS) is 2. The summed E-state index contributed by atoms with van der Waals surface area (Å²) in [5.74, 6) is -9.36. The van der Waals surface area contributed by atoms with Crippen LogP contribution in [-0.4, -0.2) is 137 Å². The molecule has 4 aromatic rings. The lowest BCUT2D eigenvalue weighted by Crippen LogP contribution is -2.45. The molecule has 0 amide bonds. The fourth-order valence-electron chi connectivity index (χ4n) is 8.24. The number of allylic oxidation sites excluding steroid dienone is 2. The average molecular weight is 1180 g/mol. The first-order valence-corrected chi connectivity index (χ1v) is 26.0. The van der Waals surface area contributed by atoms with Crippen molar-refractivity contribution in [3.8, 4) is 0 Å². The Morgan fingerprint density at radius 3 is 1.12 bits per heavy atom. The van der Waals surface area contributed by atoms with Crippen molar-refractivity contribution in [1.29, 1.82) is 0 Å². The van der Waals surface area contributed by atoms with Gasteiger partial charge in [-0.15, -0.1) is 0 Å². The summed E-state index contributed by atoms with van der Waals surface area (Å²) >= 11 is 12.8. The molecule has 4 atom stereocenters. The molecular weight excluding hydrogens is 1110 g/mol. The van der Waals surface area contributed by atoms with Crippen LogP contribution in [-0.2, 0) is 66.7 Å². The summed E-state index contributed by atoms with van der Waals surface area (Å²) in [6, 6.07) is 28.9. The number of carboxylic acids is 2. The molecular formula is C58H64Cl2N4O18. The zero-order valence-corrected chi connectivity index (χ0v) is 47.2. The van der Waals surface area contributed by atoms with Crippen LogP contribution in [0.5, 0.6) is 0 Å². The smallest absolute Gasteiger partial charge is 0.349 e. The normalized spacial score (nSPS) is 15.3. The number of halogens is 2. The van der Waals surface area contributed by atoms with Crippen LogP contribution in [0.4, 0.5) is 0 Å². The predicted octanol–water partition coefficient (Wildman–Crippen LogP) is 6.14. The van der Waals surface area contributed by atoms with Crippen LogP contribution in [0.3, 0.4) is 0 Å². The van der Waals surface area contributed by atoms with E-state index < -0.39 is 71.8 Å². The van der Waals surface area contributed by atoms with Gasteiger partial charge in [-0.1, -0.05) is 96.0 Å². The Morgan fingerprint density at radius 2 is 0.829 bits per heavy atom. The Balaban J connectivity index is 0.000000265. The lowest BCUT2D eigenvalue weighted by atomic mass is 9.80. The second kappa shape index (κ2) is 33.4. The Kier molecular flexibility index (Phi) is 26.9. The highest BCUT2D eigenvalue weighted by Gasteiger charge is 2.43. The van der Waals surface area contributed by atoms with Crippen LogP contribution in [0.25, 0.3) is 0 Å². The second-order valence-electron chi connectivity index (χ2n) is 17.2. The van der Waals surface area contributed by atoms with Crippen molar-refractivity contribution in [2.45, 2.75) is 51.7 Å². The van der Waals surface area contributed by atoms with Gasteiger partial charge in [0, 0.05) is 34.5 Å². The molecule has 0 saturated carbocycles. The molecule has 0 saturated heterocycles. The van der Waals surface area contributed by atoms with Gasteiger partial charge in [0.05, 0.1) is 111 Å². The fraction of sp³-hybridized carbons (Fsp3) is 0.310. The summed E-state index contributed by atoms with van der Waals surface area (Å²) in [6.45, 7) is 8.83. The van der Waals surface area contributed by atoms with Gasteiger partial charge in [0.1, 0.15) is 0 Å². The summed E-state index contributed by atoms with van der Waals surface area (Å²) in [5.41, 5.74) is 15.5. The minimum atomic E-state index is -2.21. The number of methoxy groups -OCH3 is 2. The molecule has 0 fully saturated rings. The maximum Gasteiger partial charge on any atom is 0.349 e. The monoisotopic (exact) mass is 1170 g/mol. The van der Waals surface area contributed by atoms with Crippen molar-refractivity contribution in [2.75, 3.05) is 67.0 Å². The number of rotatable bonds is 23. The zero-order chi connectivity index (χ0) is 60.5. The van der Waals surface area contributed by atoms with Gasteiger partial charge >= 0.3 is 47.8 Å². The standard InChI is InChI=1S/2C20H25ClN2O5.C18H14O8/c2*1-4-28-20(25)18-15(11-27-10-9-22)23-12(2)16(19(24)26-3)17(18)13-7-5-6-8-14(13)21;19-15(20)13(25-17(23)11-7-3-1-4-8-11)14(16(21)22)26-18(24)12-9-5-2-6-10-12/h2*5-8,17,23H,4,9-11,22H2,1-3H3;1-10,13-14H,(H,19,20)(H,21,22)/t2*17-;13-,14-/m110/s1. The van der Waals surface area contributed by atoms with Crippen molar-refractivity contribution in [2.24, 2.45) is 11.5 Å². The van der Waals surface area contributed by atoms with Crippen molar-refractivity contribution < 1.29 is 86.5 Å². The van der Waals surface area contributed by atoms with E-state index in [9.17, 15) is 48.6 Å². The molecule has 24 heteroatoms. The van der Waals surface area contributed by atoms with Crippen molar-refractivity contribution >= 4 is 71.0 Å². The molecule has 0 spiro atoms. The van der Waals surface area contributed by atoms with E-state index in [4.69, 9.17) is 72.6 Å². The Hall–Kier alpha value is -8.38. The van der Waals surface area contributed by atoms with E-state index in [1.165, 1.54) is 62.8 Å². The lowest BCUT2D eigenvalue weighted by molar-refractivity contribution is -0.166. The van der Waals surface area contributed by atoms with Crippen LogP contribution in [0.15, 0.2) is 154 Å². The van der Waals surface area contributed by atoms with E-state index in [2.05, 4.69) is 10.6 Å². The first-order valence-electron chi connectivity index (χ1n) is 25.3. The number of aliphatic carboxylic acids is 2. The Bertz CT molecular complexity index is 2850. The molecule has 6 rings (SSSR count). The number of hydrogen-bond acceptors (Lipinski definition) is 20. The number of hydrogen-bond donors (Lipinski definition) is 6. The topological polar surface area (TPSA) is 327 Å². The number of nitrogens with two attached hydrogens (primary N) is 2. The minimum absolute atomic E-state index is 0.0253. The highest BCUT2D eigenvalue weighted by Crippen LogP contribution is 2.43. The number of dihydropyridines is 2. The van der Waals surface area contributed by atoms with Crippen LogP contribution in [0, 0.1) is 0 Å². The van der Waals surface area contributed by atoms with E-state index in [-0.39, 0.29) is 48.7 Å². The van der Waals surface area contributed by atoms with Crippen LogP contribution >= 0.6 is 23.2 Å². The molecule has 0 aromatic heterocycles. The van der Waals surface area contributed by atoms with E-state index in [1.807, 2.05) is 0 Å². The molecule has 2 aliphatic heterocycles. The van der Waals surface area contributed by atoms with Gasteiger partial charge < -0.3 is 70.2 Å². The van der Waals surface area contributed by atoms with Crippen molar-refractivity contribution in [3.63, 3.8) is 0 Å². The van der Waals surface area contributed by atoms with Crippen molar-refractivity contribution in [1.82, 2.24) is 10.6 Å². The highest BCUT2D eigenvalue weighted by atomic mass is 35.5. The summed E-state index contributed by atoms with van der Waals surface area (Å²) in [7, 11) is 2.58. The molecule has 82 heavy (non-hydrogen) atoms. The van der Waals surface area contributed by atoms with Crippen LogP contribution in [0.1, 0.15) is 71.4 Å². The van der Waals surface area contributed by atoms with Crippen LogP contribution < -0.4 is 22.1 Å². The number of carbonyl (C=O) groups is 8. The predicted molar refractivity (Wildman–Crippen MR) is 298 cm³/mol. The first-order chi connectivity index (χ1) is 39.3. The molecule has 438 valence electrons. The summed E-state index contributed by atoms with van der Waals surface area (Å²) in [5, 5.41) is 25.5. The molecule has 0 radical (unpaired) electrons. The lowest BCUT2D eigenvalue weighted by Gasteiger charge is -2.31. The van der Waals surface area contributed by atoms with E-state index in [1.54, 1.807) is 88.4 Å². The van der Waals surface area contributed by atoms with Gasteiger partial charge in [0.15, 0.2) is 0 Å². The Morgan fingerprint density at radius 1 is 0.500 bits per heavy atom. The number of benzene rings is 4. The van der Waals surface area contributed by atoms with Gasteiger partial charge in [0.25, 0.3) is 0 Å². The molecule has 0 bridgehead atoms. The third-order valence-electron chi connectivity index (χ3n) is 11.8. The molecule has 0 aliphatic carbocycles. The maximum absolute atomic E-state index is 12.9. The highest BCUT2D eigenvalue weighted by molar-refractivity contribution is 6.32. The van der Waals surface area contributed by atoms with Crippen molar-refractivity contribution in [3.05, 3.63) is 187 Å². The number of carbonyl (C=O) groups excluding carboxylic acids is 6. The van der Waals surface area contributed by atoms with Gasteiger partial charge in [-0.25, -0.2) is 38.4 Å². The summed E-state index contributed by atoms with van der Waals surface area (Å²) in [6.07, 6.45) is -4.43. The maximum atomic E-state index is 12.9. The van der Waals surface area contributed by atoms with Gasteiger partial charge in [-0.3, -0.25) is 0 Å². The summed E-state index contributed by atoms with van der Waals surface area (Å²) < 4.78 is 41.1. The van der Waals surface area contributed by atoms with Crippen LogP contribution in [0.2, 0.25) is 10.0 Å². The van der Waals surface area contributed by atoms with Gasteiger partial charge in [0.2, 0.25) is 12.2 Å². The SMILES string of the molecule is CCOC(=O)C1=C(COCCN)NC(C)=C(C(=O)OC)[C@H]1c1ccccc1Cl.CCOC(=O)C1=C(COCCN)NC(C)=C(C(=O)OC)[C@H]1c1ccccc1Cl.O=C(O[C@H](C(=O)O)[C@H](OC(=O)c1ccccc1)C(=O)O)c1ccccc1. The fourth-order valence-corrected chi connectivity index (χ4v) is 8.73. The molecule has 4 aromatic carbocycles. The van der Waals surface area contributed by atoms with E-state index >= 15 is 0 Å². The number of esters is 6. The van der Waals surface area contributed by atoms with E-state index in [0.717, 1.165) is 0 Å². The second-order valence-corrected chi connectivity index (χ2v) is 18.0.